The molecule has 0 amide bonds. The first kappa shape index (κ1) is 14.2. The lowest BCUT2D eigenvalue weighted by Crippen LogP contribution is -2.13. The fourth-order valence-electron chi connectivity index (χ4n) is 1.36. The van der Waals surface area contributed by atoms with E-state index in [-0.39, 0.29) is 5.69 Å². The number of nitrogen functional groups attached to an aromatic ring is 1. The first-order chi connectivity index (χ1) is 8.65. The van der Waals surface area contributed by atoms with Crippen LogP contribution in [0.3, 0.4) is 0 Å². The number of hydrogen-bond acceptors (Lipinski definition) is 6. The molecule has 0 aromatic heterocycles. The van der Waals surface area contributed by atoms with Crippen molar-refractivity contribution in [3.8, 4) is 0 Å². The average molecular weight is 255 g/mol. The summed E-state index contributed by atoms with van der Waals surface area (Å²) in [5.41, 5.74) is 6.46. The van der Waals surface area contributed by atoms with Gasteiger partial charge < -0.3 is 20.5 Å². The Bertz CT molecular complexity index is 398. The van der Waals surface area contributed by atoms with Crippen molar-refractivity contribution in [2.45, 2.75) is 0 Å². The summed E-state index contributed by atoms with van der Waals surface area (Å²) in [6, 6.07) is 4.41. The van der Waals surface area contributed by atoms with Crippen LogP contribution in [-0.2, 0) is 9.47 Å². The molecule has 0 aliphatic carbocycles. The summed E-state index contributed by atoms with van der Waals surface area (Å²) >= 11 is 0. The van der Waals surface area contributed by atoms with Gasteiger partial charge in [-0.1, -0.05) is 0 Å². The van der Waals surface area contributed by atoms with Crippen LogP contribution in [-0.4, -0.2) is 38.4 Å². The van der Waals surface area contributed by atoms with Gasteiger partial charge in [-0.15, -0.1) is 0 Å². The quantitative estimate of drug-likeness (QED) is 0.314. The Labute approximate surface area is 105 Å². The molecule has 0 atom stereocenters. The third-order valence-corrected chi connectivity index (χ3v) is 2.21. The van der Waals surface area contributed by atoms with Gasteiger partial charge in [-0.3, -0.25) is 10.1 Å². The van der Waals surface area contributed by atoms with Crippen LogP contribution >= 0.6 is 0 Å². The van der Waals surface area contributed by atoms with Crippen LogP contribution in [0.5, 0.6) is 0 Å². The Morgan fingerprint density at radius 3 is 2.83 bits per heavy atom. The molecular formula is C11H17N3O4. The van der Waals surface area contributed by atoms with E-state index in [1.165, 1.54) is 18.2 Å². The number of anilines is 2. The van der Waals surface area contributed by atoms with Gasteiger partial charge in [0.05, 0.1) is 24.7 Å². The van der Waals surface area contributed by atoms with E-state index in [9.17, 15) is 10.1 Å². The maximum Gasteiger partial charge on any atom is 0.292 e. The summed E-state index contributed by atoms with van der Waals surface area (Å²) in [6.07, 6.45) is 0. The summed E-state index contributed by atoms with van der Waals surface area (Å²) < 4.78 is 10.1. The smallest absolute Gasteiger partial charge is 0.292 e. The highest BCUT2D eigenvalue weighted by Gasteiger charge is 2.12. The lowest BCUT2D eigenvalue weighted by atomic mass is 10.2. The van der Waals surface area contributed by atoms with Gasteiger partial charge in [0.2, 0.25) is 0 Å². The second kappa shape index (κ2) is 7.46. The van der Waals surface area contributed by atoms with Crippen molar-refractivity contribution in [2.75, 3.05) is 44.5 Å². The number of nitrogens with zero attached hydrogens (tertiary/aromatic N) is 1. The first-order valence-electron chi connectivity index (χ1n) is 5.49. The molecule has 0 unspecified atom stereocenters. The summed E-state index contributed by atoms with van der Waals surface area (Å²) in [5, 5.41) is 13.7. The van der Waals surface area contributed by atoms with Crippen LogP contribution < -0.4 is 11.1 Å². The van der Waals surface area contributed by atoms with E-state index in [4.69, 9.17) is 15.2 Å². The fraction of sp³-hybridized carbons (Fsp3) is 0.455. The Morgan fingerprint density at radius 2 is 2.17 bits per heavy atom. The molecule has 1 aromatic rings. The molecule has 18 heavy (non-hydrogen) atoms. The van der Waals surface area contributed by atoms with Gasteiger partial charge in [-0.05, 0) is 12.1 Å². The van der Waals surface area contributed by atoms with Crippen LogP contribution in [0.4, 0.5) is 17.1 Å². The minimum absolute atomic E-state index is 0.00101. The van der Waals surface area contributed by atoms with Gasteiger partial charge in [0.15, 0.2) is 0 Å². The average Bonchev–Trinajstić information content (AvgIpc) is 2.33. The number of hydrogen-bond donors (Lipinski definition) is 2. The predicted molar refractivity (Wildman–Crippen MR) is 68.7 cm³/mol. The molecule has 0 aliphatic rings. The van der Waals surface area contributed by atoms with Crippen LogP contribution in [0.25, 0.3) is 0 Å². The lowest BCUT2D eigenvalue weighted by molar-refractivity contribution is -0.383. The van der Waals surface area contributed by atoms with Crippen molar-refractivity contribution in [3.05, 3.63) is 28.3 Å². The third kappa shape index (κ3) is 4.56. The summed E-state index contributed by atoms with van der Waals surface area (Å²) in [4.78, 5) is 10.3. The van der Waals surface area contributed by atoms with Crippen LogP contribution in [0.15, 0.2) is 18.2 Å². The predicted octanol–water partition coefficient (Wildman–Crippen LogP) is 1.25. The molecular weight excluding hydrogens is 238 g/mol. The van der Waals surface area contributed by atoms with E-state index in [1.54, 1.807) is 7.11 Å². The van der Waals surface area contributed by atoms with E-state index in [1.807, 2.05) is 0 Å². The number of methoxy groups -OCH3 is 1. The van der Waals surface area contributed by atoms with Crippen molar-refractivity contribution in [2.24, 2.45) is 0 Å². The third-order valence-electron chi connectivity index (χ3n) is 2.21. The zero-order chi connectivity index (χ0) is 13.4. The van der Waals surface area contributed by atoms with E-state index in [2.05, 4.69) is 5.32 Å². The molecule has 0 radical (unpaired) electrons. The molecule has 1 rings (SSSR count). The molecule has 0 bridgehead atoms. The van der Waals surface area contributed by atoms with Crippen molar-refractivity contribution in [1.82, 2.24) is 0 Å². The molecule has 1 aromatic carbocycles. The Balaban J connectivity index is 2.45. The first-order valence-corrected chi connectivity index (χ1v) is 5.49. The number of ether oxygens (including phenoxy) is 2. The number of nitrogens with two attached hydrogens (primary N) is 1. The molecule has 0 saturated heterocycles. The van der Waals surface area contributed by atoms with Gasteiger partial charge in [0.1, 0.15) is 5.69 Å². The Hall–Kier alpha value is -1.86. The monoisotopic (exact) mass is 255 g/mol. The summed E-state index contributed by atoms with van der Waals surface area (Å²) in [6.45, 7) is 1.93. The SMILES string of the molecule is COCCOCCNc1cc(N)ccc1[N+](=O)[O-]. The number of nitrogens with one attached hydrogen (secondary N) is 1. The van der Waals surface area contributed by atoms with E-state index in [0.717, 1.165) is 0 Å². The zero-order valence-electron chi connectivity index (χ0n) is 10.2. The van der Waals surface area contributed by atoms with E-state index >= 15 is 0 Å². The molecule has 3 N–H and O–H groups in total. The molecule has 0 spiro atoms. The Morgan fingerprint density at radius 1 is 1.39 bits per heavy atom. The van der Waals surface area contributed by atoms with Gasteiger partial charge in [-0.2, -0.15) is 0 Å². The fourth-order valence-corrected chi connectivity index (χ4v) is 1.36. The highest BCUT2D eigenvalue weighted by atomic mass is 16.6. The summed E-state index contributed by atoms with van der Waals surface area (Å²) in [7, 11) is 1.59. The molecule has 0 fully saturated rings. The molecule has 0 heterocycles. The molecule has 7 nitrogen and oxygen atoms in total. The van der Waals surface area contributed by atoms with Gasteiger partial charge in [-0.25, -0.2) is 0 Å². The van der Waals surface area contributed by atoms with E-state index < -0.39 is 4.92 Å². The normalized spacial score (nSPS) is 10.3. The van der Waals surface area contributed by atoms with Crippen molar-refractivity contribution < 1.29 is 14.4 Å². The zero-order valence-corrected chi connectivity index (χ0v) is 10.2. The minimum Gasteiger partial charge on any atom is -0.399 e. The topological polar surface area (TPSA) is 99.7 Å². The largest absolute Gasteiger partial charge is 0.399 e. The highest BCUT2D eigenvalue weighted by Crippen LogP contribution is 2.26. The molecule has 0 aliphatic heterocycles. The molecule has 100 valence electrons. The Kier molecular flexibility index (Phi) is 5.89. The van der Waals surface area contributed by atoms with Crippen molar-refractivity contribution >= 4 is 17.1 Å². The van der Waals surface area contributed by atoms with E-state index in [0.29, 0.717) is 37.7 Å². The number of nitro benzene ring substituents is 1. The van der Waals surface area contributed by atoms with Crippen LogP contribution in [0.2, 0.25) is 0 Å². The highest BCUT2D eigenvalue weighted by molar-refractivity contribution is 5.67. The summed E-state index contributed by atoms with van der Waals surface area (Å²) in [5.74, 6) is 0. The lowest BCUT2D eigenvalue weighted by Gasteiger charge is -2.08. The van der Waals surface area contributed by atoms with Gasteiger partial charge >= 0.3 is 0 Å². The maximum atomic E-state index is 10.8. The van der Waals surface area contributed by atoms with Crippen LogP contribution in [0, 0.1) is 10.1 Å². The minimum atomic E-state index is -0.451. The standard InChI is InChI=1S/C11H17N3O4/c1-17-6-7-18-5-4-13-10-8-9(12)2-3-11(10)14(15)16/h2-3,8,13H,4-7,12H2,1H3. The van der Waals surface area contributed by atoms with Crippen molar-refractivity contribution in [1.29, 1.82) is 0 Å². The number of nitro groups is 1. The van der Waals surface area contributed by atoms with Gasteiger partial charge in [0.25, 0.3) is 5.69 Å². The number of benzene rings is 1. The molecule has 7 heteroatoms. The number of rotatable bonds is 8. The van der Waals surface area contributed by atoms with Crippen LogP contribution in [0.1, 0.15) is 0 Å². The van der Waals surface area contributed by atoms with Crippen molar-refractivity contribution in [3.63, 3.8) is 0 Å². The second-order valence-corrected chi connectivity index (χ2v) is 3.57. The second-order valence-electron chi connectivity index (χ2n) is 3.57. The molecule has 0 saturated carbocycles. The van der Waals surface area contributed by atoms with Gasteiger partial charge in [0, 0.05) is 25.4 Å². The maximum absolute atomic E-state index is 10.8.